The van der Waals surface area contributed by atoms with E-state index in [1.54, 1.807) is 18.2 Å². The van der Waals surface area contributed by atoms with Crippen molar-refractivity contribution in [1.82, 2.24) is 15.5 Å². The minimum Gasteiger partial charge on any atom is -0.334 e. The molecule has 0 saturated carbocycles. The number of nitrogens with zero attached hydrogens (tertiary/aromatic N) is 1. The normalized spacial score (nSPS) is 17.7. The Balaban J connectivity index is 1.39. The Hall–Kier alpha value is -3.73. The average Bonchev–Trinajstić information content (AvgIpc) is 3.03. The van der Waals surface area contributed by atoms with Crippen molar-refractivity contribution in [3.63, 3.8) is 0 Å². The highest BCUT2D eigenvalue weighted by Crippen LogP contribution is 2.34. The average molecular weight is 513 g/mol. The van der Waals surface area contributed by atoms with Crippen molar-refractivity contribution < 1.29 is 28.4 Å². The van der Waals surface area contributed by atoms with E-state index in [1.807, 2.05) is 20.8 Å². The lowest BCUT2D eigenvalue weighted by Gasteiger charge is -2.27. The monoisotopic (exact) mass is 512 g/mol. The van der Waals surface area contributed by atoms with Crippen molar-refractivity contribution in [3.8, 4) is 0 Å². The molecule has 11 heteroatoms. The van der Waals surface area contributed by atoms with Crippen molar-refractivity contribution in [2.45, 2.75) is 55.8 Å². The van der Waals surface area contributed by atoms with Crippen LogP contribution in [0.5, 0.6) is 0 Å². The first-order chi connectivity index (χ1) is 16.9. The molecular formula is C25H25FN4O5S. The highest BCUT2D eigenvalue weighted by molar-refractivity contribution is 8.00. The summed E-state index contributed by atoms with van der Waals surface area (Å²) in [4.78, 5) is 63.0. The van der Waals surface area contributed by atoms with Gasteiger partial charge in [0.05, 0.1) is 11.1 Å². The predicted molar refractivity (Wildman–Crippen MR) is 131 cm³/mol. The molecule has 0 spiro atoms. The summed E-state index contributed by atoms with van der Waals surface area (Å²) in [5.74, 6) is -2.78. The predicted octanol–water partition coefficient (Wildman–Crippen LogP) is 3.44. The molecule has 2 aliphatic heterocycles. The second kappa shape index (κ2) is 9.73. The van der Waals surface area contributed by atoms with Crippen LogP contribution in [0.1, 0.15) is 59.9 Å². The third-order valence-corrected chi connectivity index (χ3v) is 6.73. The molecule has 1 saturated heterocycles. The number of piperidine rings is 1. The van der Waals surface area contributed by atoms with Gasteiger partial charge in [0.1, 0.15) is 11.9 Å². The second-order valence-electron chi connectivity index (χ2n) is 9.49. The van der Waals surface area contributed by atoms with Crippen LogP contribution in [0, 0.1) is 5.82 Å². The summed E-state index contributed by atoms with van der Waals surface area (Å²) in [6, 6.07) is 7.40. The Morgan fingerprint density at radius 3 is 2.47 bits per heavy atom. The van der Waals surface area contributed by atoms with E-state index in [0.29, 0.717) is 10.5 Å². The van der Waals surface area contributed by atoms with E-state index in [4.69, 9.17) is 0 Å². The van der Waals surface area contributed by atoms with E-state index in [9.17, 15) is 28.4 Å². The van der Waals surface area contributed by atoms with Gasteiger partial charge in [-0.2, -0.15) is 0 Å². The minimum absolute atomic E-state index is 0.0378. The van der Waals surface area contributed by atoms with Crippen LogP contribution >= 0.6 is 11.8 Å². The van der Waals surface area contributed by atoms with E-state index in [0.717, 1.165) is 4.90 Å². The van der Waals surface area contributed by atoms with Gasteiger partial charge in [-0.15, -0.1) is 11.8 Å². The largest absolute Gasteiger partial charge is 0.334 e. The van der Waals surface area contributed by atoms with Gasteiger partial charge < -0.3 is 10.6 Å². The molecule has 9 nitrogen and oxygen atoms in total. The van der Waals surface area contributed by atoms with Crippen LogP contribution in [0.2, 0.25) is 0 Å². The fourth-order valence-electron chi connectivity index (χ4n) is 3.98. The first kappa shape index (κ1) is 25.4. The Kier molecular flexibility index (Phi) is 6.85. The number of thioether (sulfide) groups is 1. The third kappa shape index (κ3) is 5.40. The Bertz CT molecular complexity index is 1290. The lowest BCUT2D eigenvalue weighted by molar-refractivity contribution is -0.136. The van der Waals surface area contributed by atoms with E-state index in [1.165, 1.54) is 30.0 Å². The molecule has 0 aromatic heterocycles. The summed E-state index contributed by atoms with van der Waals surface area (Å²) in [5.41, 5.74) is 1.12. The molecule has 2 aromatic rings. The van der Waals surface area contributed by atoms with Gasteiger partial charge in [0, 0.05) is 28.3 Å². The van der Waals surface area contributed by atoms with E-state index < -0.39 is 41.5 Å². The van der Waals surface area contributed by atoms with E-state index >= 15 is 0 Å². The molecule has 36 heavy (non-hydrogen) atoms. The number of hydrogen-bond donors (Lipinski definition) is 3. The van der Waals surface area contributed by atoms with Crippen LogP contribution in [0.3, 0.4) is 0 Å². The smallest absolute Gasteiger partial charge is 0.319 e. The molecule has 2 aromatic carbocycles. The summed E-state index contributed by atoms with van der Waals surface area (Å²) < 4.78 is 14.2. The number of anilines is 1. The van der Waals surface area contributed by atoms with E-state index in [2.05, 4.69) is 16.0 Å². The standard InChI is InChI=1S/C25H25FN4O5S/c1-25(2,3)36-19-8-5-14(11-17(19)26)28-24(35)27-12-13-4-6-15-16(10-13)23(34)30(22(15)33)18-7-9-20(31)29-21(18)32/h4-6,8,10-11,18H,7,9,12H2,1-3H3,(H2,27,28,35)(H,29,31,32). The summed E-state index contributed by atoms with van der Waals surface area (Å²) in [7, 11) is 0. The molecule has 1 fully saturated rings. The number of carbonyl (C=O) groups excluding carboxylic acids is 5. The molecule has 2 aliphatic rings. The first-order valence-electron chi connectivity index (χ1n) is 11.3. The third-order valence-electron chi connectivity index (χ3n) is 5.56. The quantitative estimate of drug-likeness (QED) is 0.416. The van der Waals surface area contributed by atoms with Gasteiger partial charge in [0.25, 0.3) is 11.8 Å². The maximum Gasteiger partial charge on any atom is 0.319 e. The maximum atomic E-state index is 14.4. The molecule has 3 N–H and O–H groups in total. The summed E-state index contributed by atoms with van der Waals surface area (Å²) in [6.45, 7) is 5.97. The maximum absolute atomic E-state index is 14.4. The number of carbonyl (C=O) groups is 5. The molecular weight excluding hydrogens is 487 g/mol. The Morgan fingerprint density at radius 2 is 1.81 bits per heavy atom. The molecule has 0 aliphatic carbocycles. The highest BCUT2D eigenvalue weighted by atomic mass is 32.2. The number of urea groups is 1. The van der Waals surface area contributed by atoms with Crippen LogP contribution in [0.15, 0.2) is 41.3 Å². The van der Waals surface area contributed by atoms with Gasteiger partial charge in [-0.25, -0.2) is 9.18 Å². The fraction of sp³-hybridized carbons (Fsp3) is 0.320. The fourth-order valence-corrected chi connectivity index (χ4v) is 4.93. The van der Waals surface area contributed by atoms with Crippen LogP contribution in [-0.4, -0.2) is 45.3 Å². The molecule has 0 radical (unpaired) electrons. The first-order valence-corrected chi connectivity index (χ1v) is 12.1. The van der Waals surface area contributed by atoms with Crippen molar-refractivity contribution in [1.29, 1.82) is 0 Å². The number of fused-ring (bicyclic) bond motifs is 1. The molecule has 0 bridgehead atoms. The molecule has 1 unspecified atom stereocenters. The van der Waals surface area contributed by atoms with Crippen molar-refractivity contribution in [2.24, 2.45) is 0 Å². The second-order valence-corrected chi connectivity index (χ2v) is 11.4. The number of benzene rings is 2. The number of imide groups is 2. The van der Waals surface area contributed by atoms with Crippen molar-refractivity contribution in [3.05, 3.63) is 58.9 Å². The van der Waals surface area contributed by atoms with Crippen molar-refractivity contribution in [2.75, 3.05) is 5.32 Å². The Labute approximate surface area is 211 Å². The van der Waals surface area contributed by atoms with Crippen LogP contribution in [0.4, 0.5) is 14.9 Å². The van der Waals surface area contributed by atoms with E-state index in [-0.39, 0.29) is 40.9 Å². The number of rotatable bonds is 5. The topological polar surface area (TPSA) is 125 Å². The SMILES string of the molecule is CC(C)(C)Sc1ccc(NC(=O)NCc2ccc3c(c2)C(=O)N(C2CCC(=O)NC2=O)C3=O)cc1F. The summed E-state index contributed by atoms with van der Waals surface area (Å²) in [6.07, 6.45) is 0.108. The zero-order valence-corrected chi connectivity index (χ0v) is 20.8. The summed E-state index contributed by atoms with van der Waals surface area (Å²) in [5, 5.41) is 7.35. The number of amides is 6. The Morgan fingerprint density at radius 1 is 1.08 bits per heavy atom. The number of hydrogen-bond acceptors (Lipinski definition) is 6. The van der Waals surface area contributed by atoms with Gasteiger partial charge in [-0.05, 0) is 42.3 Å². The number of halogens is 1. The molecule has 4 rings (SSSR count). The van der Waals surface area contributed by atoms with Gasteiger partial charge >= 0.3 is 6.03 Å². The summed E-state index contributed by atoms with van der Waals surface area (Å²) >= 11 is 1.39. The molecule has 1 atom stereocenters. The zero-order chi connectivity index (χ0) is 26.2. The van der Waals surface area contributed by atoms with Crippen LogP contribution in [-0.2, 0) is 16.1 Å². The van der Waals surface area contributed by atoms with Crippen LogP contribution in [0.25, 0.3) is 0 Å². The molecule has 6 amide bonds. The van der Waals surface area contributed by atoms with Gasteiger partial charge in [-0.3, -0.25) is 29.4 Å². The zero-order valence-electron chi connectivity index (χ0n) is 19.9. The lowest BCUT2D eigenvalue weighted by Crippen LogP contribution is -2.54. The van der Waals surface area contributed by atoms with Gasteiger partial charge in [0.2, 0.25) is 11.8 Å². The van der Waals surface area contributed by atoms with Crippen molar-refractivity contribution >= 4 is 47.1 Å². The molecule has 188 valence electrons. The van der Waals surface area contributed by atoms with Crippen LogP contribution < -0.4 is 16.0 Å². The minimum atomic E-state index is -1.05. The van der Waals surface area contributed by atoms with Gasteiger partial charge in [0.15, 0.2) is 0 Å². The van der Waals surface area contributed by atoms with Gasteiger partial charge in [-0.1, -0.05) is 26.8 Å². The number of nitrogens with one attached hydrogen (secondary N) is 3. The highest BCUT2D eigenvalue weighted by Gasteiger charge is 2.44. The lowest BCUT2D eigenvalue weighted by atomic mass is 10.0. The molecule has 2 heterocycles.